The van der Waals surface area contributed by atoms with E-state index >= 15 is 0 Å². The van der Waals surface area contributed by atoms with Crippen LogP contribution in [0.2, 0.25) is 0 Å². The van der Waals surface area contributed by atoms with Gasteiger partial charge in [-0.05, 0) is 12.5 Å². The van der Waals surface area contributed by atoms with Gasteiger partial charge >= 0.3 is 11.9 Å². The summed E-state index contributed by atoms with van der Waals surface area (Å²) in [5, 5.41) is 28.2. The first-order valence-corrected chi connectivity index (χ1v) is 14.3. The first-order chi connectivity index (χ1) is 19.0. The zero-order valence-electron chi connectivity index (χ0n) is 20.7. The van der Waals surface area contributed by atoms with Crippen LogP contribution in [0.3, 0.4) is 0 Å². The van der Waals surface area contributed by atoms with Gasteiger partial charge in [0.05, 0.1) is 18.2 Å². The number of thiazole rings is 1. The Balaban J connectivity index is 1.49. The number of carboxylic acids is 2. The van der Waals surface area contributed by atoms with Crippen LogP contribution in [0.5, 0.6) is 0 Å². The van der Waals surface area contributed by atoms with Crippen molar-refractivity contribution in [3.63, 3.8) is 0 Å². The van der Waals surface area contributed by atoms with E-state index in [0.29, 0.717) is 23.0 Å². The SMILES string of the molecule is CC[n+]1c(N)cc(SCC2=C(C(=O)[O-])N3C(=O)[C@@H](NC(=O)/C(=N\OCC(=O)O)c4csc(N)n4)[C@H]3SC2)nc1N. The third-order valence-corrected chi connectivity index (χ3v) is 8.66. The number of carboxylic acid groups (broad SMARTS) is 2. The van der Waals surface area contributed by atoms with Crippen molar-refractivity contribution in [3.05, 3.63) is 28.4 Å². The van der Waals surface area contributed by atoms with Crippen LogP contribution in [-0.2, 0) is 30.6 Å². The highest BCUT2D eigenvalue weighted by Gasteiger charge is 2.53. The number of anilines is 3. The Labute approximate surface area is 238 Å². The molecular formula is C21H23N9O7S3. The fraction of sp³-hybridized carbons (Fsp3) is 0.333. The van der Waals surface area contributed by atoms with Gasteiger partial charge in [0.1, 0.15) is 17.1 Å². The van der Waals surface area contributed by atoms with Gasteiger partial charge in [-0.3, -0.25) is 14.5 Å². The predicted octanol–water partition coefficient (Wildman–Crippen LogP) is -2.41. The molecule has 0 bridgehead atoms. The number of hydrogen-bond donors (Lipinski definition) is 5. The summed E-state index contributed by atoms with van der Waals surface area (Å²) in [5.41, 5.74) is 17.3. The van der Waals surface area contributed by atoms with E-state index in [0.717, 1.165) is 16.2 Å². The average molecular weight is 610 g/mol. The van der Waals surface area contributed by atoms with E-state index in [1.807, 2.05) is 6.92 Å². The van der Waals surface area contributed by atoms with Crippen LogP contribution in [0.4, 0.5) is 16.9 Å². The molecule has 212 valence electrons. The van der Waals surface area contributed by atoms with E-state index in [9.17, 15) is 24.3 Å². The first kappa shape index (κ1) is 28.9. The highest BCUT2D eigenvalue weighted by molar-refractivity contribution is 8.01. The number of thioether (sulfide) groups is 2. The molecule has 8 N–H and O–H groups in total. The number of amides is 2. The molecule has 2 aliphatic rings. The second kappa shape index (κ2) is 12.0. The lowest BCUT2D eigenvalue weighted by molar-refractivity contribution is -0.667. The monoisotopic (exact) mass is 609 g/mol. The topological polar surface area (TPSA) is 256 Å². The molecule has 0 unspecified atom stereocenters. The smallest absolute Gasteiger partial charge is 0.346 e. The van der Waals surface area contributed by atoms with Crippen molar-refractivity contribution in [1.29, 1.82) is 0 Å². The minimum atomic E-state index is -1.54. The zero-order chi connectivity index (χ0) is 29.1. The van der Waals surface area contributed by atoms with Crippen LogP contribution >= 0.6 is 34.9 Å². The van der Waals surface area contributed by atoms with Crippen molar-refractivity contribution in [2.45, 2.75) is 29.9 Å². The quantitative estimate of drug-likeness (QED) is 0.0444. The molecule has 2 aliphatic heterocycles. The molecule has 16 nitrogen and oxygen atoms in total. The highest BCUT2D eigenvalue weighted by Crippen LogP contribution is 2.41. The molecule has 0 aromatic carbocycles. The maximum Gasteiger partial charge on any atom is 0.346 e. The minimum Gasteiger partial charge on any atom is -0.543 e. The Morgan fingerprint density at radius 1 is 1.35 bits per heavy atom. The number of aliphatic carboxylic acids is 2. The van der Waals surface area contributed by atoms with Crippen molar-refractivity contribution in [3.8, 4) is 0 Å². The van der Waals surface area contributed by atoms with Crippen LogP contribution in [-0.4, -0.2) is 79.0 Å². The maximum absolute atomic E-state index is 13.0. The first-order valence-electron chi connectivity index (χ1n) is 11.4. The molecule has 40 heavy (non-hydrogen) atoms. The van der Waals surface area contributed by atoms with E-state index in [-0.39, 0.29) is 34.0 Å². The second-order valence-electron chi connectivity index (χ2n) is 8.19. The lowest BCUT2D eigenvalue weighted by Gasteiger charge is -2.50. The fourth-order valence-corrected chi connectivity index (χ4v) is 6.81. The summed E-state index contributed by atoms with van der Waals surface area (Å²) < 4.78 is 1.61. The Morgan fingerprint density at radius 3 is 2.70 bits per heavy atom. The van der Waals surface area contributed by atoms with Gasteiger partial charge in [0.25, 0.3) is 11.8 Å². The van der Waals surface area contributed by atoms with Gasteiger partial charge < -0.3 is 42.4 Å². The number of rotatable bonds is 11. The molecule has 2 atom stereocenters. The Morgan fingerprint density at radius 2 is 2.10 bits per heavy atom. The molecular weight excluding hydrogens is 586 g/mol. The molecule has 2 aromatic rings. The third kappa shape index (κ3) is 5.89. The van der Waals surface area contributed by atoms with E-state index in [1.165, 1.54) is 28.9 Å². The molecule has 0 aliphatic carbocycles. The van der Waals surface area contributed by atoms with Crippen LogP contribution < -0.4 is 32.2 Å². The number of nitrogens with two attached hydrogens (primary N) is 3. The van der Waals surface area contributed by atoms with Crippen molar-refractivity contribution in [2.75, 3.05) is 35.3 Å². The predicted molar refractivity (Wildman–Crippen MR) is 143 cm³/mol. The number of β-lactam (4-membered cyclic amide) rings is 1. The third-order valence-electron chi connectivity index (χ3n) is 5.65. The standard InChI is InChI=1S/C21H23N9O7S3/c1-2-29-10(22)3-11(26-20(29)23)38-5-8-6-39-18-14(17(34)30(18)15(8)19(35)36)27-16(33)13(28-37-4-12(31)32)9-7-40-21(24)25-9/h3,7,14,18H,2,4-6H2,1H3,(H8,22,23,24,25,26,27,31,32,33,35,36)/b28-13-/t14-,18-/m1/s1. The number of nitrogens with zero attached hydrogens (tertiary/aromatic N) is 5. The largest absolute Gasteiger partial charge is 0.543 e. The van der Waals surface area contributed by atoms with Gasteiger partial charge in [-0.25, -0.2) is 14.3 Å². The zero-order valence-corrected chi connectivity index (χ0v) is 23.2. The number of aromatic nitrogens is 3. The van der Waals surface area contributed by atoms with E-state index in [2.05, 4.69) is 20.4 Å². The lowest BCUT2D eigenvalue weighted by Crippen LogP contribution is -2.71. The van der Waals surface area contributed by atoms with E-state index in [1.54, 1.807) is 10.6 Å². The van der Waals surface area contributed by atoms with Crippen LogP contribution in [0.1, 0.15) is 12.6 Å². The lowest BCUT2D eigenvalue weighted by atomic mass is 10.0. The van der Waals surface area contributed by atoms with Gasteiger partial charge in [-0.15, -0.1) is 28.1 Å². The fourth-order valence-electron chi connectivity index (χ4n) is 3.87. The maximum atomic E-state index is 13.0. The summed E-state index contributed by atoms with van der Waals surface area (Å²) in [6, 6.07) is 0.527. The van der Waals surface area contributed by atoms with E-state index in [4.69, 9.17) is 27.1 Å². The Hall–Kier alpha value is -4.10. The minimum absolute atomic E-state index is 0.0141. The number of oxime groups is 1. The normalized spacial score (nSPS) is 18.7. The van der Waals surface area contributed by atoms with Crippen LogP contribution in [0, 0.1) is 0 Å². The molecule has 1 fully saturated rings. The Bertz CT molecular complexity index is 1420. The summed E-state index contributed by atoms with van der Waals surface area (Å²) in [6.07, 6.45) is 0. The van der Waals surface area contributed by atoms with Gasteiger partial charge in [0, 0.05) is 23.0 Å². The van der Waals surface area contributed by atoms with Gasteiger partial charge in [-0.1, -0.05) is 16.9 Å². The summed E-state index contributed by atoms with van der Waals surface area (Å²) in [6.45, 7) is 1.58. The number of nitrogens with one attached hydrogen (secondary N) is 1. The molecule has 1 saturated heterocycles. The molecule has 0 spiro atoms. The van der Waals surface area contributed by atoms with Crippen molar-refractivity contribution >= 4 is 81.2 Å². The van der Waals surface area contributed by atoms with Crippen LogP contribution in [0.25, 0.3) is 0 Å². The number of carbonyl (C=O) groups excluding carboxylic acids is 3. The molecule has 4 rings (SSSR count). The summed E-state index contributed by atoms with van der Waals surface area (Å²) in [7, 11) is 0. The summed E-state index contributed by atoms with van der Waals surface area (Å²) in [5.74, 6) is -3.40. The Kier molecular flexibility index (Phi) is 8.64. The molecule has 2 aromatic heterocycles. The summed E-state index contributed by atoms with van der Waals surface area (Å²) >= 11 is 3.47. The molecule has 0 radical (unpaired) electrons. The van der Waals surface area contributed by atoms with Gasteiger partial charge in [0.15, 0.2) is 21.7 Å². The molecule has 4 heterocycles. The van der Waals surface area contributed by atoms with Crippen LogP contribution in [0.15, 0.2) is 32.9 Å². The number of nitrogen functional groups attached to an aromatic ring is 3. The molecule has 2 amide bonds. The molecule has 19 heteroatoms. The van der Waals surface area contributed by atoms with Gasteiger partial charge in [0.2, 0.25) is 6.61 Å². The van der Waals surface area contributed by atoms with Crippen molar-refractivity contribution in [1.82, 2.24) is 20.2 Å². The number of hydrogen-bond acceptors (Lipinski definition) is 15. The van der Waals surface area contributed by atoms with Crippen molar-refractivity contribution < 1.29 is 38.8 Å². The van der Waals surface area contributed by atoms with Crippen molar-refractivity contribution in [2.24, 2.45) is 5.16 Å². The molecule has 0 saturated carbocycles. The highest BCUT2D eigenvalue weighted by atomic mass is 32.2. The number of carbonyl (C=O) groups is 4. The second-order valence-corrected chi connectivity index (χ2v) is 11.2. The average Bonchev–Trinajstić information content (AvgIpc) is 3.32. The van der Waals surface area contributed by atoms with Gasteiger partial charge in [-0.2, -0.15) is 0 Å². The number of fused-ring (bicyclic) bond motifs is 1. The summed E-state index contributed by atoms with van der Waals surface area (Å²) in [4.78, 5) is 62.8. The van der Waals surface area contributed by atoms with E-state index < -0.39 is 47.5 Å².